The molecule has 214 valence electrons. The van der Waals surface area contributed by atoms with Crippen LogP contribution < -0.4 is 9.62 Å². The van der Waals surface area contributed by atoms with Crippen molar-refractivity contribution >= 4 is 50.7 Å². The summed E-state index contributed by atoms with van der Waals surface area (Å²) < 4.78 is 29.0. The van der Waals surface area contributed by atoms with Crippen molar-refractivity contribution < 1.29 is 18.0 Å². The Hall–Kier alpha value is -3.07. The maximum absolute atomic E-state index is 14.1. The number of rotatable bonds is 11. The molecular weight excluding hydrogens is 569 g/mol. The van der Waals surface area contributed by atoms with Crippen LogP contribution in [0.5, 0.6) is 0 Å². The van der Waals surface area contributed by atoms with E-state index in [0.717, 1.165) is 15.4 Å². The predicted octanol–water partition coefficient (Wildman–Crippen LogP) is 6.14. The average molecular weight is 605 g/mol. The molecule has 0 radical (unpaired) electrons. The molecule has 0 fully saturated rings. The van der Waals surface area contributed by atoms with E-state index in [-0.39, 0.29) is 23.4 Å². The lowest BCUT2D eigenvalue weighted by molar-refractivity contribution is -0.139. The van der Waals surface area contributed by atoms with Crippen LogP contribution in [-0.2, 0) is 26.2 Å². The van der Waals surface area contributed by atoms with Crippen LogP contribution in [-0.4, -0.2) is 43.8 Å². The Morgan fingerprint density at radius 2 is 1.62 bits per heavy atom. The van der Waals surface area contributed by atoms with E-state index in [4.69, 9.17) is 23.2 Å². The number of aryl methyl sites for hydroxylation is 1. The topological polar surface area (TPSA) is 86.8 Å². The number of nitrogens with zero attached hydrogens (tertiary/aromatic N) is 2. The Balaban J connectivity index is 2.08. The zero-order valence-electron chi connectivity index (χ0n) is 23.3. The molecule has 0 saturated carbocycles. The van der Waals surface area contributed by atoms with E-state index in [1.807, 2.05) is 33.8 Å². The Morgan fingerprint density at radius 1 is 0.950 bits per heavy atom. The molecule has 0 aliphatic heterocycles. The molecule has 2 amide bonds. The van der Waals surface area contributed by atoms with Gasteiger partial charge >= 0.3 is 0 Å². The van der Waals surface area contributed by atoms with Gasteiger partial charge in [0.2, 0.25) is 11.8 Å². The lowest BCUT2D eigenvalue weighted by Crippen LogP contribution is -2.52. The summed E-state index contributed by atoms with van der Waals surface area (Å²) in [5, 5.41) is 3.68. The van der Waals surface area contributed by atoms with Crippen molar-refractivity contribution in [2.75, 3.05) is 10.8 Å². The predicted molar refractivity (Wildman–Crippen MR) is 161 cm³/mol. The standard InChI is InChI=1S/C30H35Cl2N3O4S/c1-6-21(3)33-30(37)23(5)34(18-24-15-16-25(31)17-27(24)32)29(36)19-35(28-14-10-11-20(2)22(28)4)40(38,39)26-12-8-7-9-13-26/h7-17,21,23H,6,18-19H2,1-5H3,(H,33,37). The molecular formula is C30H35Cl2N3O4S. The first kappa shape index (κ1) is 31.5. The maximum Gasteiger partial charge on any atom is 0.264 e. The van der Waals surface area contributed by atoms with Gasteiger partial charge in [0, 0.05) is 22.6 Å². The highest BCUT2D eigenvalue weighted by molar-refractivity contribution is 7.92. The van der Waals surface area contributed by atoms with Crippen molar-refractivity contribution in [3.05, 3.63) is 93.5 Å². The molecule has 3 aromatic rings. The smallest absolute Gasteiger partial charge is 0.264 e. The number of hydrogen-bond donors (Lipinski definition) is 1. The third-order valence-electron chi connectivity index (χ3n) is 6.98. The summed E-state index contributed by atoms with van der Waals surface area (Å²) in [4.78, 5) is 28.6. The third kappa shape index (κ3) is 7.36. The molecule has 10 heteroatoms. The number of sulfonamides is 1. The minimum atomic E-state index is -4.14. The Morgan fingerprint density at radius 3 is 2.25 bits per heavy atom. The number of carbonyl (C=O) groups is 2. The van der Waals surface area contributed by atoms with Crippen LogP contribution in [0.4, 0.5) is 5.69 Å². The van der Waals surface area contributed by atoms with Crippen LogP contribution in [0.2, 0.25) is 10.0 Å². The molecule has 7 nitrogen and oxygen atoms in total. The summed E-state index contributed by atoms with van der Waals surface area (Å²) in [6.45, 7) is 8.60. The second-order valence-electron chi connectivity index (χ2n) is 9.79. The van der Waals surface area contributed by atoms with Crippen LogP contribution in [0.1, 0.15) is 43.9 Å². The van der Waals surface area contributed by atoms with Gasteiger partial charge in [-0.2, -0.15) is 0 Å². The fourth-order valence-corrected chi connectivity index (χ4v) is 6.08. The summed E-state index contributed by atoms with van der Waals surface area (Å²) in [6, 6.07) is 17.2. The van der Waals surface area contributed by atoms with Crippen molar-refractivity contribution in [1.29, 1.82) is 0 Å². The molecule has 2 atom stereocenters. The summed E-state index contributed by atoms with van der Waals surface area (Å²) in [7, 11) is -4.14. The number of anilines is 1. The van der Waals surface area contributed by atoms with Crippen LogP contribution >= 0.6 is 23.2 Å². The van der Waals surface area contributed by atoms with Gasteiger partial charge in [0.05, 0.1) is 10.6 Å². The minimum Gasteiger partial charge on any atom is -0.352 e. The first-order chi connectivity index (χ1) is 18.9. The third-order valence-corrected chi connectivity index (χ3v) is 9.34. The van der Waals surface area contributed by atoms with Gasteiger partial charge in [-0.15, -0.1) is 0 Å². The van der Waals surface area contributed by atoms with Crippen LogP contribution in [0, 0.1) is 13.8 Å². The van der Waals surface area contributed by atoms with E-state index in [2.05, 4.69) is 5.32 Å². The van der Waals surface area contributed by atoms with E-state index in [0.29, 0.717) is 27.7 Å². The Labute approximate surface area is 247 Å². The Kier molecular flexibility index (Phi) is 10.6. The fraction of sp³-hybridized carbons (Fsp3) is 0.333. The first-order valence-corrected chi connectivity index (χ1v) is 15.2. The number of carbonyl (C=O) groups excluding carboxylic acids is 2. The zero-order valence-corrected chi connectivity index (χ0v) is 25.6. The molecule has 0 aromatic heterocycles. The quantitative estimate of drug-likeness (QED) is 0.285. The highest BCUT2D eigenvalue weighted by atomic mass is 35.5. The van der Waals surface area contributed by atoms with E-state index < -0.39 is 28.5 Å². The second-order valence-corrected chi connectivity index (χ2v) is 12.5. The van der Waals surface area contributed by atoms with E-state index in [1.165, 1.54) is 17.0 Å². The summed E-state index contributed by atoms with van der Waals surface area (Å²) in [5.41, 5.74) is 2.57. The van der Waals surface area contributed by atoms with Crippen LogP contribution in [0.25, 0.3) is 0 Å². The van der Waals surface area contributed by atoms with Gasteiger partial charge in [-0.25, -0.2) is 8.42 Å². The maximum atomic E-state index is 14.1. The monoisotopic (exact) mass is 603 g/mol. The number of halogens is 2. The van der Waals surface area contributed by atoms with Crippen molar-refractivity contribution in [2.45, 2.75) is 64.6 Å². The van der Waals surface area contributed by atoms with Crippen molar-refractivity contribution in [3.63, 3.8) is 0 Å². The zero-order chi connectivity index (χ0) is 29.6. The molecule has 40 heavy (non-hydrogen) atoms. The number of hydrogen-bond acceptors (Lipinski definition) is 4. The van der Waals surface area contributed by atoms with Gasteiger partial charge in [0.15, 0.2) is 0 Å². The molecule has 0 spiro atoms. The average Bonchev–Trinajstić information content (AvgIpc) is 2.92. The SMILES string of the molecule is CCC(C)NC(=O)C(C)N(Cc1ccc(Cl)cc1Cl)C(=O)CN(c1cccc(C)c1C)S(=O)(=O)c1ccccc1. The molecule has 0 aliphatic carbocycles. The highest BCUT2D eigenvalue weighted by Gasteiger charge is 2.33. The second kappa shape index (κ2) is 13.5. The summed E-state index contributed by atoms with van der Waals surface area (Å²) in [5.74, 6) is -0.907. The van der Waals surface area contributed by atoms with E-state index in [1.54, 1.807) is 55.5 Å². The Bertz CT molecular complexity index is 1470. The van der Waals surface area contributed by atoms with Gasteiger partial charge in [0.1, 0.15) is 12.6 Å². The highest BCUT2D eigenvalue weighted by Crippen LogP contribution is 2.29. The van der Waals surface area contributed by atoms with Crippen LogP contribution in [0.3, 0.4) is 0 Å². The lowest BCUT2D eigenvalue weighted by Gasteiger charge is -2.33. The lowest BCUT2D eigenvalue weighted by atomic mass is 10.1. The first-order valence-electron chi connectivity index (χ1n) is 13.0. The molecule has 0 bridgehead atoms. The van der Waals surface area contributed by atoms with Gasteiger partial charge in [0.25, 0.3) is 10.0 Å². The van der Waals surface area contributed by atoms with Gasteiger partial charge in [-0.1, -0.05) is 66.5 Å². The van der Waals surface area contributed by atoms with Gasteiger partial charge in [-0.3, -0.25) is 13.9 Å². The largest absolute Gasteiger partial charge is 0.352 e. The molecule has 1 N–H and O–H groups in total. The van der Waals surface area contributed by atoms with Crippen molar-refractivity contribution in [1.82, 2.24) is 10.2 Å². The normalized spacial score (nSPS) is 12.9. The van der Waals surface area contributed by atoms with E-state index in [9.17, 15) is 18.0 Å². The molecule has 3 aromatic carbocycles. The van der Waals surface area contributed by atoms with Gasteiger partial charge < -0.3 is 10.2 Å². The number of amides is 2. The van der Waals surface area contributed by atoms with Gasteiger partial charge in [-0.05, 0) is 81.1 Å². The van der Waals surface area contributed by atoms with Crippen molar-refractivity contribution in [3.8, 4) is 0 Å². The summed E-state index contributed by atoms with van der Waals surface area (Å²) >= 11 is 12.5. The van der Waals surface area contributed by atoms with Crippen LogP contribution in [0.15, 0.2) is 71.6 Å². The molecule has 0 aliphatic rings. The molecule has 0 saturated heterocycles. The fourth-order valence-electron chi connectivity index (χ4n) is 4.12. The van der Waals surface area contributed by atoms with Crippen molar-refractivity contribution in [2.24, 2.45) is 0 Å². The number of benzene rings is 3. The molecule has 3 rings (SSSR count). The number of nitrogens with one attached hydrogen (secondary N) is 1. The summed E-state index contributed by atoms with van der Waals surface area (Å²) in [6.07, 6.45) is 0.713. The minimum absolute atomic E-state index is 0.0179. The molecule has 2 unspecified atom stereocenters. The van der Waals surface area contributed by atoms with E-state index >= 15 is 0 Å². The molecule has 0 heterocycles.